The zero-order chi connectivity index (χ0) is 17.9. The monoisotopic (exact) mass is 339 g/mol. The van der Waals surface area contributed by atoms with E-state index < -0.39 is 0 Å². The quantitative estimate of drug-likeness (QED) is 0.657. The molecule has 25 heavy (non-hydrogen) atoms. The van der Waals surface area contributed by atoms with Crippen LogP contribution in [0.1, 0.15) is 24.5 Å². The Morgan fingerprint density at radius 2 is 1.64 bits per heavy atom. The fourth-order valence-corrected chi connectivity index (χ4v) is 2.43. The van der Waals surface area contributed by atoms with Gasteiger partial charge in [-0.2, -0.15) is 0 Å². The van der Waals surface area contributed by atoms with E-state index >= 15 is 0 Å². The van der Waals surface area contributed by atoms with Crippen LogP contribution in [0.15, 0.2) is 54.6 Å². The fraction of sp³-hybridized carbons (Fsp3) is 0.300. The lowest BCUT2D eigenvalue weighted by Crippen LogP contribution is -2.29. The molecule has 0 aromatic heterocycles. The number of anilines is 1. The minimum absolute atomic E-state index is 0.0773. The summed E-state index contributed by atoms with van der Waals surface area (Å²) >= 11 is 0. The van der Waals surface area contributed by atoms with Crippen LogP contribution >= 0.6 is 0 Å². The topological polar surface area (TPSA) is 70.2 Å². The van der Waals surface area contributed by atoms with E-state index in [0.717, 1.165) is 23.4 Å². The highest BCUT2D eigenvalue weighted by atomic mass is 16.2. The molecule has 0 bridgehead atoms. The lowest BCUT2D eigenvalue weighted by Gasteiger charge is -2.11. The van der Waals surface area contributed by atoms with Crippen molar-refractivity contribution in [3.8, 4) is 0 Å². The number of hydrogen-bond acceptors (Lipinski definition) is 3. The van der Waals surface area contributed by atoms with Gasteiger partial charge in [-0.3, -0.25) is 9.59 Å². The number of nitrogens with one attached hydrogen (secondary N) is 3. The van der Waals surface area contributed by atoms with E-state index in [2.05, 4.69) is 16.0 Å². The molecule has 0 radical (unpaired) electrons. The van der Waals surface area contributed by atoms with Gasteiger partial charge in [0.2, 0.25) is 11.8 Å². The Bertz CT molecular complexity index is 686. The zero-order valence-corrected chi connectivity index (χ0v) is 14.5. The zero-order valence-electron chi connectivity index (χ0n) is 14.5. The third kappa shape index (κ3) is 6.77. The van der Waals surface area contributed by atoms with E-state index in [9.17, 15) is 9.59 Å². The predicted molar refractivity (Wildman–Crippen MR) is 100 cm³/mol. The summed E-state index contributed by atoms with van der Waals surface area (Å²) in [5.41, 5.74) is 2.82. The Balaban J connectivity index is 1.75. The van der Waals surface area contributed by atoms with Gasteiger partial charge in [-0.15, -0.1) is 0 Å². The predicted octanol–water partition coefficient (Wildman–Crippen LogP) is 2.48. The molecular weight excluding hydrogens is 314 g/mol. The summed E-state index contributed by atoms with van der Waals surface area (Å²) in [6.07, 6.45) is 0.573. The van der Waals surface area contributed by atoms with Crippen molar-refractivity contribution in [3.05, 3.63) is 65.7 Å². The SMILES string of the molecule is CCNCc1ccccc1NC(=O)CCNC(=O)Cc1ccccc1. The maximum absolute atomic E-state index is 12.1. The van der Waals surface area contributed by atoms with Crippen LogP contribution in [0.25, 0.3) is 0 Å². The molecule has 3 N–H and O–H groups in total. The summed E-state index contributed by atoms with van der Waals surface area (Å²) in [5.74, 6) is -0.185. The normalized spacial score (nSPS) is 10.3. The Morgan fingerprint density at radius 3 is 2.40 bits per heavy atom. The van der Waals surface area contributed by atoms with E-state index in [1.165, 1.54) is 0 Å². The van der Waals surface area contributed by atoms with Gasteiger partial charge in [-0.05, 0) is 23.7 Å². The molecule has 0 spiro atoms. The number of benzene rings is 2. The average molecular weight is 339 g/mol. The highest BCUT2D eigenvalue weighted by Gasteiger charge is 2.08. The molecule has 5 heteroatoms. The van der Waals surface area contributed by atoms with Crippen molar-refractivity contribution in [2.24, 2.45) is 0 Å². The summed E-state index contributed by atoms with van der Waals surface area (Å²) in [6, 6.07) is 17.3. The van der Waals surface area contributed by atoms with Gasteiger partial charge in [-0.1, -0.05) is 55.5 Å². The number of rotatable bonds is 9. The minimum Gasteiger partial charge on any atom is -0.355 e. The first-order chi connectivity index (χ1) is 12.2. The molecule has 0 saturated carbocycles. The molecule has 2 aromatic carbocycles. The first-order valence-corrected chi connectivity index (χ1v) is 8.58. The maximum Gasteiger partial charge on any atom is 0.226 e. The molecule has 0 aliphatic carbocycles. The highest BCUT2D eigenvalue weighted by molar-refractivity contribution is 5.92. The van der Waals surface area contributed by atoms with Crippen LogP contribution in [0.3, 0.4) is 0 Å². The molecule has 5 nitrogen and oxygen atoms in total. The van der Waals surface area contributed by atoms with Crippen LogP contribution in [0.2, 0.25) is 0 Å². The van der Waals surface area contributed by atoms with E-state index in [1.807, 2.05) is 61.5 Å². The van der Waals surface area contributed by atoms with E-state index in [4.69, 9.17) is 0 Å². The summed E-state index contributed by atoms with van der Waals surface area (Å²) in [6.45, 7) is 3.95. The molecule has 0 fully saturated rings. The van der Waals surface area contributed by atoms with Crippen LogP contribution in [0, 0.1) is 0 Å². The Labute approximate surface area is 148 Å². The second kappa shape index (κ2) is 10.3. The van der Waals surface area contributed by atoms with Crippen molar-refractivity contribution < 1.29 is 9.59 Å². The van der Waals surface area contributed by atoms with Gasteiger partial charge in [0.25, 0.3) is 0 Å². The molecule has 0 unspecified atom stereocenters. The molecule has 0 atom stereocenters. The van der Waals surface area contributed by atoms with Crippen LogP contribution in [0.4, 0.5) is 5.69 Å². The van der Waals surface area contributed by atoms with Crippen molar-refractivity contribution in [3.63, 3.8) is 0 Å². The summed E-state index contributed by atoms with van der Waals surface area (Å²) in [5, 5.41) is 8.95. The molecule has 2 rings (SSSR count). The first-order valence-electron chi connectivity index (χ1n) is 8.58. The van der Waals surface area contributed by atoms with Crippen LogP contribution in [-0.4, -0.2) is 24.9 Å². The summed E-state index contributed by atoms with van der Waals surface area (Å²) < 4.78 is 0. The van der Waals surface area contributed by atoms with Crippen LogP contribution in [0.5, 0.6) is 0 Å². The number of carbonyl (C=O) groups excluding carboxylic acids is 2. The van der Waals surface area contributed by atoms with Gasteiger partial charge >= 0.3 is 0 Å². The Morgan fingerprint density at radius 1 is 0.920 bits per heavy atom. The lowest BCUT2D eigenvalue weighted by atomic mass is 10.1. The van der Waals surface area contributed by atoms with Gasteiger partial charge in [0, 0.05) is 25.2 Å². The molecular formula is C20H25N3O2. The average Bonchev–Trinajstić information content (AvgIpc) is 2.62. The maximum atomic E-state index is 12.1. The van der Waals surface area contributed by atoms with Crippen molar-refractivity contribution in [1.29, 1.82) is 0 Å². The van der Waals surface area contributed by atoms with E-state index in [-0.39, 0.29) is 18.2 Å². The largest absolute Gasteiger partial charge is 0.355 e. The molecule has 2 aromatic rings. The van der Waals surface area contributed by atoms with Crippen molar-refractivity contribution >= 4 is 17.5 Å². The number of carbonyl (C=O) groups is 2. The number of amides is 2. The lowest BCUT2D eigenvalue weighted by molar-refractivity contribution is -0.120. The molecule has 0 aliphatic heterocycles. The van der Waals surface area contributed by atoms with Gasteiger partial charge in [-0.25, -0.2) is 0 Å². The van der Waals surface area contributed by atoms with Gasteiger partial charge in [0.1, 0.15) is 0 Å². The third-order valence-electron chi connectivity index (χ3n) is 3.74. The summed E-state index contributed by atoms with van der Waals surface area (Å²) in [7, 11) is 0. The standard InChI is InChI=1S/C20H25N3O2/c1-2-21-15-17-10-6-7-11-18(17)23-19(24)12-13-22-20(25)14-16-8-4-3-5-9-16/h3-11,21H,2,12-15H2,1H3,(H,22,25)(H,23,24). The molecule has 0 aliphatic rings. The number of para-hydroxylation sites is 1. The first kappa shape index (κ1) is 18.7. The molecule has 2 amide bonds. The molecule has 0 heterocycles. The Hall–Kier alpha value is -2.66. The van der Waals surface area contributed by atoms with E-state index in [0.29, 0.717) is 19.5 Å². The Kier molecular flexibility index (Phi) is 7.66. The van der Waals surface area contributed by atoms with Gasteiger partial charge in [0.05, 0.1) is 6.42 Å². The third-order valence-corrected chi connectivity index (χ3v) is 3.74. The van der Waals surface area contributed by atoms with Crippen molar-refractivity contribution in [2.75, 3.05) is 18.4 Å². The van der Waals surface area contributed by atoms with E-state index in [1.54, 1.807) is 0 Å². The molecule has 0 saturated heterocycles. The molecule has 132 valence electrons. The second-order valence-electron chi connectivity index (χ2n) is 5.75. The summed E-state index contributed by atoms with van der Waals surface area (Å²) in [4.78, 5) is 24.0. The smallest absolute Gasteiger partial charge is 0.226 e. The van der Waals surface area contributed by atoms with Crippen molar-refractivity contribution in [2.45, 2.75) is 26.3 Å². The highest BCUT2D eigenvalue weighted by Crippen LogP contribution is 2.14. The minimum atomic E-state index is -0.107. The van der Waals surface area contributed by atoms with Crippen molar-refractivity contribution in [1.82, 2.24) is 10.6 Å². The second-order valence-corrected chi connectivity index (χ2v) is 5.75. The van der Waals surface area contributed by atoms with Gasteiger partial charge < -0.3 is 16.0 Å². The van der Waals surface area contributed by atoms with Crippen LogP contribution < -0.4 is 16.0 Å². The van der Waals surface area contributed by atoms with Gasteiger partial charge in [0.15, 0.2) is 0 Å². The fourth-order valence-electron chi connectivity index (χ4n) is 2.43. The van der Waals surface area contributed by atoms with Crippen LogP contribution in [-0.2, 0) is 22.6 Å². The number of hydrogen-bond donors (Lipinski definition) is 3.